The van der Waals surface area contributed by atoms with Crippen molar-refractivity contribution in [2.75, 3.05) is 11.1 Å². The summed E-state index contributed by atoms with van der Waals surface area (Å²) in [5.41, 5.74) is 3.14. The molecule has 0 saturated heterocycles. The summed E-state index contributed by atoms with van der Waals surface area (Å²) < 4.78 is 2.80. The van der Waals surface area contributed by atoms with E-state index in [9.17, 15) is 9.59 Å². The number of halogens is 2. The minimum Gasteiger partial charge on any atom is -0.342 e. The first-order valence-corrected chi connectivity index (χ1v) is 12.7. The highest BCUT2D eigenvalue weighted by molar-refractivity contribution is 9.10. The highest BCUT2D eigenvalue weighted by Gasteiger charge is 2.21. The monoisotopic (exact) mass is 561 g/mol. The first kappa shape index (κ1) is 26.0. The number of carbonyl (C=O) groups excluding carboxylic acids is 2. The van der Waals surface area contributed by atoms with Crippen LogP contribution < -0.4 is 10.6 Å². The van der Waals surface area contributed by atoms with Gasteiger partial charge in [-0.05, 0) is 56.2 Å². The standard InChI is InChI=1S/C24H25BrClN5O2S/c1-5-10-31-22(16(4)27-23(33)18-8-6-7-9-19(18)26)29-30-24(31)34-13-20(32)28-21-14(2)11-17(25)12-15(21)3/h5-9,11-12,16H,1,10,13H2,2-4H3,(H,27,33)(H,28,32)/t16-/m1/s1. The van der Waals surface area contributed by atoms with Gasteiger partial charge in [0.15, 0.2) is 11.0 Å². The molecule has 0 aliphatic carbocycles. The fraction of sp³-hybridized carbons (Fsp3) is 0.250. The van der Waals surface area contributed by atoms with Crippen LogP contribution in [0.2, 0.25) is 5.02 Å². The molecule has 3 rings (SSSR count). The Bertz CT molecular complexity index is 1210. The van der Waals surface area contributed by atoms with Crippen LogP contribution in [-0.2, 0) is 11.3 Å². The van der Waals surface area contributed by atoms with Crippen molar-refractivity contribution in [3.05, 3.63) is 81.1 Å². The molecular weight excluding hydrogens is 538 g/mol. The number of amides is 2. The average Bonchev–Trinajstić information content (AvgIpc) is 3.18. The van der Waals surface area contributed by atoms with E-state index in [-0.39, 0.29) is 17.6 Å². The van der Waals surface area contributed by atoms with Gasteiger partial charge in [0.2, 0.25) is 5.91 Å². The fourth-order valence-corrected chi connectivity index (χ4v) is 5.09. The Balaban J connectivity index is 1.70. The van der Waals surface area contributed by atoms with E-state index in [1.807, 2.05) is 37.5 Å². The third-order valence-corrected chi connectivity index (χ3v) is 6.76. The van der Waals surface area contributed by atoms with Gasteiger partial charge in [-0.25, -0.2) is 0 Å². The molecule has 34 heavy (non-hydrogen) atoms. The van der Waals surface area contributed by atoms with Crippen molar-refractivity contribution in [3.8, 4) is 0 Å². The summed E-state index contributed by atoms with van der Waals surface area (Å²) in [6.07, 6.45) is 1.72. The lowest BCUT2D eigenvalue weighted by atomic mass is 10.1. The van der Waals surface area contributed by atoms with Gasteiger partial charge in [-0.1, -0.05) is 57.5 Å². The molecular formula is C24H25BrClN5O2S. The molecule has 0 aliphatic heterocycles. The van der Waals surface area contributed by atoms with Crippen molar-refractivity contribution < 1.29 is 9.59 Å². The molecule has 1 atom stereocenters. The van der Waals surface area contributed by atoms with Crippen molar-refractivity contribution in [1.29, 1.82) is 0 Å². The summed E-state index contributed by atoms with van der Waals surface area (Å²) >= 11 is 10.9. The third-order valence-electron chi connectivity index (χ3n) is 5.00. The molecule has 1 aromatic heterocycles. The Morgan fingerprint density at radius 1 is 1.24 bits per heavy atom. The largest absolute Gasteiger partial charge is 0.342 e. The van der Waals surface area contributed by atoms with E-state index >= 15 is 0 Å². The molecule has 7 nitrogen and oxygen atoms in total. The Morgan fingerprint density at radius 2 is 1.91 bits per heavy atom. The van der Waals surface area contributed by atoms with Crippen LogP contribution in [0.5, 0.6) is 0 Å². The molecule has 0 unspecified atom stereocenters. The van der Waals surface area contributed by atoms with Crippen LogP contribution in [0, 0.1) is 13.8 Å². The Kier molecular flexibility index (Phi) is 8.93. The third kappa shape index (κ3) is 6.28. The maximum absolute atomic E-state index is 12.7. The minimum atomic E-state index is -0.438. The van der Waals surface area contributed by atoms with Gasteiger partial charge in [-0.2, -0.15) is 0 Å². The molecule has 2 aromatic carbocycles. The van der Waals surface area contributed by atoms with E-state index in [0.717, 1.165) is 21.3 Å². The van der Waals surface area contributed by atoms with E-state index in [1.54, 1.807) is 30.3 Å². The number of aryl methyl sites for hydroxylation is 2. The predicted octanol–water partition coefficient (Wildman–Crippen LogP) is 5.72. The van der Waals surface area contributed by atoms with Crippen molar-refractivity contribution in [3.63, 3.8) is 0 Å². The number of hydrogen-bond acceptors (Lipinski definition) is 5. The predicted molar refractivity (Wildman–Crippen MR) is 141 cm³/mol. The molecule has 0 radical (unpaired) electrons. The second-order valence-electron chi connectivity index (χ2n) is 7.67. The number of hydrogen-bond donors (Lipinski definition) is 2. The van der Waals surface area contributed by atoms with Gasteiger partial charge < -0.3 is 15.2 Å². The SMILES string of the molecule is C=CCn1c(SCC(=O)Nc2c(C)cc(Br)cc2C)nnc1[C@@H](C)NC(=O)c1ccccc1Cl. The number of anilines is 1. The first-order chi connectivity index (χ1) is 16.2. The summed E-state index contributed by atoms with van der Waals surface area (Å²) in [5.74, 6) is 0.265. The zero-order valence-electron chi connectivity index (χ0n) is 19.1. The summed E-state index contributed by atoms with van der Waals surface area (Å²) in [6.45, 7) is 9.95. The van der Waals surface area contributed by atoms with Crippen LogP contribution in [0.3, 0.4) is 0 Å². The maximum atomic E-state index is 12.7. The van der Waals surface area contributed by atoms with Crippen LogP contribution in [0.1, 0.15) is 40.3 Å². The minimum absolute atomic E-state index is 0.145. The van der Waals surface area contributed by atoms with Crippen molar-refractivity contribution >= 4 is 56.8 Å². The Labute approximate surface area is 216 Å². The quantitative estimate of drug-likeness (QED) is 0.257. The summed E-state index contributed by atoms with van der Waals surface area (Å²) in [7, 11) is 0. The van der Waals surface area contributed by atoms with Gasteiger partial charge in [0.05, 0.1) is 22.4 Å². The van der Waals surface area contributed by atoms with E-state index in [4.69, 9.17) is 11.6 Å². The fourth-order valence-electron chi connectivity index (χ4n) is 3.43. The smallest absolute Gasteiger partial charge is 0.253 e. The van der Waals surface area contributed by atoms with Crippen LogP contribution in [0.25, 0.3) is 0 Å². The molecule has 0 saturated carbocycles. The van der Waals surface area contributed by atoms with E-state index in [0.29, 0.717) is 28.1 Å². The molecule has 0 bridgehead atoms. The van der Waals surface area contributed by atoms with Gasteiger partial charge in [0.25, 0.3) is 5.91 Å². The zero-order valence-corrected chi connectivity index (χ0v) is 22.2. The zero-order chi connectivity index (χ0) is 24.8. The maximum Gasteiger partial charge on any atom is 0.253 e. The van der Waals surface area contributed by atoms with E-state index in [2.05, 4.69) is 43.3 Å². The molecule has 2 N–H and O–H groups in total. The number of aromatic nitrogens is 3. The number of nitrogens with zero attached hydrogens (tertiary/aromatic N) is 3. The Morgan fingerprint density at radius 3 is 2.56 bits per heavy atom. The number of allylic oxidation sites excluding steroid dienone is 1. The lowest BCUT2D eigenvalue weighted by Gasteiger charge is -2.16. The van der Waals surface area contributed by atoms with Crippen LogP contribution in [0.4, 0.5) is 5.69 Å². The normalized spacial score (nSPS) is 11.7. The average molecular weight is 563 g/mol. The molecule has 0 aliphatic rings. The first-order valence-electron chi connectivity index (χ1n) is 10.5. The second-order valence-corrected chi connectivity index (χ2v) is 9.93. The van der Waals surface area contributed by atoms with Crippen LogP contribution in [0.15, 0.2) is 58.7 Å². The lowest BCUT2D eigenvalue weighted by molar-refractivity contribution is -0.113. The van der Waals surface area contributed by atoms with Gasteiger partial charge >= 0.3 is 0 Å². The van der Waals surface area contributed by atoms with Crippen molar-refractivity contribution in [2.45, 2.75) is 38.5 Å². The molecule has 0 fully saturated rings. The number of benzene rings is 2. The molecule has 1 heterocycles. The van der Waals surface area contributed by atoms with Crippen molar-refractivity contribution in [1.82, 2.24) is 20.1 Å². The van der Waals surface area contributed by atoms with Gasteiger partial charge in [0.1, 0.15) is 0 Å². The summed E-state index contributed by atoms with van der Waals surface area (Å²) in [4.78, 5) is 25.3. The molecule has 0 spiro atoms. The number of thioether (sulfide) groups is 1. The lowest BCUT2D eigenvalue weighted by Crippen LogP contribution is -2.29. The topological polar surface area (TPSA) is 88.9 Å². The second kappa shape index (κ2) is 11.7. The van der Waals surface area contributed by atoms with Crippen LogP contribution in [-0.4, -0.2) is 32.3 Å². The van der Waals surface area contributed by atoms with E-state index < -0.39 is 6.04 Å². The van der Waals surface area contributed by atoms with Crippen LogP contribution >= 0.6 is 39.3 Å². The summed E-state index contributed by atoms with van der Waals surface area (Å²) in [5, 5.41) is 15.3. The molecule has 2 amide bonds. The van der Waals surface area contributed by atoms with Gasteiger partial charge in [-0.3, -0.25) is 9.59 Å². The number of carbonyl (C=O) groups is 2. The number of nitrogens with one attached hydrogen (secondary N) is 2. The molecule has 178 valence electrons. The molecule has 10 heteroatoms. The Hall–Kier alpha value is -2.62. The van der Waals surface area contributed by atoms with Gasteiger partial charge in [-0.15, -0.1) is 16.8 Å². The van der Waals surface area contributed by atoms with E-state index in [1.165, 1.54) is 11.8 Å². The number of rotatable bonds is 9. The summed E-state index contributed by atoms with van der Waals surface area (Å²) in [6, 6.07) is 10.3. The molecule has 3 aromatic rings. The van der Waals surface area contributed by atoms with Crippen molar-refractivity contribution in [2.24, 2.45) is 0 Å². The van der Waals surface area contributed by atoms with Gasteiger partial charge in [0, 0.05) is 16.7 Å². The highest BCUT2D eigenvalue weighted by Crippen LogP contribution is 2.26. The highest BCUT2D eigenvalue weighted by atomic mass is 79.9.